The number of hydrogen-bond donors (Lipinski definition) is 2. The number of benzene rings is 1. The highest BCUT2D eigenvalue weighted by Gasteiger charge is 2.16. The third-order valence-electron chi connectivity index (χ3n) is 3.61. The van der Waals surface area contributed by atoms with Gasteiger partial charge >= 0.3 is 6.03 Å². The van der Waals surface area contributed by atoms with Gasteiger partial charge in [-0.15, -0.1) is 0 Å². The number of ether oxygens (including phenoxy) is 2. The number of carbonyl (C=O) groups excluding carboxylic acids is 1. The first-order chi connectivity index (χ1) is 11.7. The van der Waals surface area contributed by atoms with Gasteiger partial charge in [0.2, 0.25) is 5.88 Å². The summed E-state index contributed by atoms with van der Waals surface area (Å²) in [6, 6.07) is 8.69. The molecule has 7 heteroatoms. The van der Waals surface area contributed by atoms with E-state index in [0.717, 1.165) is 13.0 Å². The Bertz CT molecular complexity index is 670. The van der Waals surface area contributed by atoms with Crippen LogP contribution in [0.15, 0.2) is 42.6 Å². The van der Waals surface area contributed by atoms with Crippen LogP contribution in [-0.4, -0.2) is 30.8 Å². The van der Waals surface area contributed by atoms with Crippen molar-refractivity contribution in [3.8, 4) is 11.6 Å². The molecule has 0 spiro atoms. The Morgan fingerprint density at radius 3 is 2.79 bits per heavy atom. The zero-order chi connectivity index (χ0) is 16.8. The highest BCUT2D eigenvalue weighted by molar-refractivity contribution is 5.89. The van der Waals surface area contributed by atoms with Crippen LogP contribution in [0.3, 0.4) is 0 Å². The standard InChI is InChI=1S/C17H18FN3O3/c18-13-1-4-15(5-2-13)24-16-6-3-14(10-19-16)21-17(22)20-9-12-7-8-23-11-12/h1-6,10,12H,7-9,11H2,(H2,20,21,22)/t12-/m1/s1. The maximum atomic E-state index is 12.8. The van der Waals surface area contributed by atoms with E-state index in [2.05, 4.69) is 15.6 Å². The molecule has 3 rings (SSSR count). The van der Waals surface area contributed by atoms with E-state index in [1.165, 1.54) is 30.5 Å². The van der Waals surface area contributed by atoms with Gasteiger partial charge in [0.05, 0.1) is 18.5 Å². The van der Waals surface area contributed by atoms with Crippen molar-refractivity contribution in [2.45, 2.75) is 6.42 Å². The van der Waals surface area contributed by atoms with Crippen LogP contribution in [0.5, 0.6) is 11.6 Å². The maximum absolute atomic E-state index is 12.8. The third kappa shape index (κ3) is 4.66. The minimum Gasteiger partial charge on any atom is -0.439 e. The van der Waals surface area contributed by atoms with Crippen molar-refractivity contribution in [1.29, 1.82) is 0 Å². The number of nitrogens with zero attached hydrogens (tertiary/aromatic N) is 1. The Balaban J connectivity index is 1.48. The summed E-state index contributed by atoms with van der Waals surface area (Å²) in [6.45, 7) is 2.04. The SMILES string of the molecule is O=C(NC[C@H]1CCOC1)Nc1ccc(Oc2ccc(F)cc2)nc1. The zero-order valence-corrected chi connectivity index (χ0v) is 13.0. The van der Waals surface area contributed by atoms with Crippen LogP contribution in [-0.2, 0) is 4.74 Å². The molecule has 2 aromatic rings. The molecule has 1 saturated heterocycles. The van der Waals surface area contributed by atoms with Crippen LogP contribution >= 0.6 is 0 Å². The fourth-order valence-corrected chi connectivity index (χ4v) is 2.29. The molecule has 1 aliphatic heterocycles. The van der Waals surface area contributed by atoms with E-state index in [0.29, 0.717) is 36.4 Å². The second-order valence-electron chi connectivity index (χ2n) is 5.51. The zero-order valence-electron chi connectivity index (χ0n) is 13.0. The topological polar surface area (TPSA) is 72.5 Å². The van der Waals surface area contributed by atoms with E-state index in [1.807, 2.05) is 0 Å². The van der Waals surface area contributed by atoms with E-state index in [1.54, 1.807) is 12.1 Å². The number of pyridine rings is 1. The molecule has 126 valence electrons. The molecule has 2 N–H and O–H groups in total. The van der Waals surface area contributed by atoms with Crippen molar-refractivity contribution in [3.05, 3.63) is 48.4 Å². The Labute approximate surface area is 139 Å². The smallest absolute Gasteiger partial charge is 0.319 e. The van der Waals surface area contributed by atoms with E-state index in [9.17, 15) is 9.18 Å². The van der Waals surface area contributed by atoms with Crippen molar-refractivity contribution in [2.75, 3.05) is 25.1 Å². The van der Waals surface area contributed by atoms with Crippen molar-refractivity contribution in [2.24, 2.45) is 5.92 Å². The number of urea groups is 1. The van der Waals surface area contributed by atoms with Gasteiger partial charge in [0, 0.05) is 25.1 Å². The van der Waals surface area contributed by atoms with Crippen LogP contribution in [0, 0.1) is 11.7 Å². The van der Waals surface area contributed by atoms with Gasteiger partial charge in [0.1, 0.15) is 11.6 Å². The fraction of sp³-hybridized carbons (Fsp3) is 0.294. The molecule has 1 atom stereocenters. The molecule has 24 heavy (non-hydrogen) atoms. The molecule has 0 saturated carbocycles. The number of aromatic nitrogens is 1. The predicted molar refractivity (Wildman–Crippen MR) is 86.7 cm³/mol. The quantitative estimate of drug-likeness (QED) is 0.883. The van der Waals surface area contributed by atoms with Crippen LogP contribution in [0.1, 0.15) is 6.42 Å². The first-order valence-corrected chi connectivity index (χ1v) is 7.71. The average molecular weight is 331 g/mol. The van der Waals surface area contributed by atoms with Gasteiger partial charge in [-0.25, -0.2) is 14.2 Å². The second-order valence-corrected chi connectivity index (χ2v) is 5.51. The Morgan fingerprint density at radius 1 is 1.29 bits per heavy atom. The van der Waals surface area contributed by atoms with Crippen LogP contribution < -0.4 is 15.4 Å². The first kappa shape index (κ1) is 16.2. The number of hydrogen-bond acceptors (Lipinski definition) is 4. The molecule has 2 amide bonds. The number of nitrogens with one attached hydrogen (secondary N) is 2. The second kappa shape index (κ2) is 7.74. The molecule has 1 aliphatic rings. The van der Waals surface area contributed by atoms with E-state index < -0.39 is 0 Å². The molecule has 0 aliphatic carbocycles. The Hall–Kier alpha value is -2.67. The Kier molecular flexibility index (Phi) is 5.22. The number of carbonyl (C=O) groups is 1. The molecule has 6 nitrogen and oxygen atoms in total. The monoisotopic (exact) mass is 331 g/mol. The van der Waals surface area contributed by atoms with Crippen molar-refractivity contribution >= 4 is 11.7 Å². The van der Waals surface area contributed by atoms with Crippen molar-refractivity contribution in [3.63, 3.8) is 0 Å². The number of rotatable bonds is 5. The number of amides is 2. The first-order valence-electron chi connectivity index (χ1n) is 7.71. The summed E-state index contributed by atoms with van der Waals surface area (Å²) in [7, 11) is 0. The van der Waals surface area contributed by atoms with Crippen LogP contribution in [0.25, 0.3) is 0 Å². The average Bonchev–Trinajstić information content (AvgIpc) is 3.10. The summed E-state index contributed by atoms with van der Waals surface area (Å²) < 4.78 is 23.6. The van der Waals surface area contributed by atoms with E-state index >= 15 is 0 Å². The normalized spacial score (nSPS) is 16.6. The van der Waals surface area contributed by atoms with Gasteiger partial charge in [0.25, 0.3) is 0 Å². The van der Waals surface area contributed by atoms with Crippen LogP contribution in [0.2, 0.25) is 0 Å². The minimum atomic E-state index is -0.329. The third-order valence-corrected chi connectivity index (χ3v) is 3.61. The Morgan fingerprint density at radius 2 is 2.12 bits per heavy atom. The fourth-order valence-electron chi connectivity index (χ4n) is 2.29. The molecular weight excluding hydrogens is 313 g/mol. The van der Waals surface area contributed by atoms with Gasteiger partial charge in [-0.2, -0.15) is 0 Å². The van der Waals surface area contributed by atoms with Gasteiger partial charge in [-0.05, 0) is 36.8 Å². The molecule has 0 radical (unpaired) electrons. The lowest BCUT2D eigenvalue weighted by Crippen LogP contribution is -2.33. The van der Waals surface area contributed by atoms with Gasteiger partial charge in [-0.3, -0.25) is 0 Å². The van der Waals surface area contributed by atoms with Crippen molar-refractivity contribution < 1.29 is 18.7 Å². The van der Waals surface area contributed by atoms with Gasteiger partial charge in [-0.1, -0.05) is 0 Å². The summed E-state index contributed by atoms with van der Waals surface area (Å²) in [5, 5.41) is 5.51. The number of halogens is 1. The summed E-state index contributed by atoms with van der Waals surface area (Å²) >= 11 is 0. The van der Waals surface area contributed by atoms with Crippen molar-refractivity contribution in [1.82, 2.24) is 10.3 Å². The molecule has 0 unspecified atom stereocenters. The highest BCUT2D eigenvalue weighted by atomic mass is 19.1. The molecule has 2 heterocycles. The summed E-state index contributed by atoms with van der Waals surface area (Å²) in [6.07, 6.45) is 2.47. The van der Waals surface area contributed by atoms with Gasteiger partial charge < -0.3 is 20.1 Å². The maximum Gasteiger partial charge on any atom is 0.319 e. The molecule has 1 aromatic heterocycles. The lowest BCUT2D eigenvalue weighted by atomic mass is 10.1. The number of anilines is 1. The molecule has 1 fully saturated rings. The van der Waals surface area contributed by atoms with E-state index in [-0.39, 0.29) is 11.8 Å². The molecular formula is C17H18FN3O3. The van der Waals surface area contributed by atoms with Gasteiger partial charge in [0.15, 0.2) is 0 Å². The van der Waals surface area contributed by atoms with Crippen LogP contribution in [0.4, 0.5) is 14.9 Å². The molecule has 1 aromatic carbocycles. The highest BCUT2D eigenvalue weighted by Crippen LogP contribution is 2.20. The van der Waals surface area contributed by atoms with E-state index in [4.69, 9.17) is 9.47 Å². The predicted octanol–water partition coefficient (Wildman–Crippen LogP) is 3.17. The lowest BCUT2D eigenvalue weighted by Gasteiger charge is -2.11. The summed E-state index contributed by atoms with van der Waals surface area (Å²) in [5.41, 5.74) is 0.557. The summed E-state index contributed by atoms with van der Waals surface area (Å²) in [4.78, 5) is 15.9. The lowest BCUT2D eigenvalue weighted by molar-refractivity contribution is 0.185. The minimum absolute atomic E-state index is 0.282. The molecule has 0 bridgehead atoms. The summed E-state index contributed by atoms with van der Waals surface area (Å²) in [5.74, 6) is 0.891. The largest absolute Gasteiger partial charge is 0.439 e.